The van der Waals surface area contributed by atoms with Crippen LogP contribution in [-0.2, 0) is 0 Å². The molecule has 0 aliphatic heterocycles. The van der Waals surface area contributed by atoms with Gasteiger partial charge in [-0.15, -0.1) is 0 Å². The van der Waals surface area contributed by atoms with Gasteiger partial charge in [0.15, 0.2) is 0 Å². The van der Waals surface area contributed by atoms with E-state index in [1.165, 1.54) is 49.4 Å². The Kier molecular flexibility index (Phi) is 3.20. The van der Waals surface area contributed by atoms with Crippen LogP contribution in [0.25, 0.3) is 32.7 Å². The molecule has 0 heterocycles. The van der Waals surface area contributed by atoms with Crippen molar-refractivity contribution >= 4 is 21.5 Å². The molecule has 0 aromatic heterocycles. The van der Waals surface area contributed by atoms with Gasteiger partial charge in [-0.3, -0.25) is 0 Å². The zero-order valence-electron chi connectivity index (χ0n) is 13.9. The minimum absolute atomic E-state index is 1.31. The van der Waals surface area contributed by atoms with Crippen LogP contribution < -0.4 is 0 Å². The van der Waals surface area contributed by atoms with Gasteiger partial charge in [0.1, 0.15) is 0 Å². The van der Waals surface area contributed by atoms with E-state index in [-0.39, 0.29) is 0 Å². The Hall–Kier alpha value is -2.60. The highest BCUT2D eigenvalue weighted by molar-refractivity contribution is 6.13. The summed E-state index contributed by atoms with van der Waals surface area (Å²) in [5, 5.41) is 5.28. The first kappa shape index (κ1) is 14.0. The Balaban J connectivity index is 2.25. The van der Waals surface area contributed by atoms with Gasteiger partial charge in [0.2, 0.25) is 0 Å². The van der Waals surface area contributed by atoms with Gasteiger partial charge in [-0.05, 0) is 70.6 Å². The summed E-state index contributed by atoms with van der Waals surface area (Å²) in [5.74, 6) is 0. The molecule has 0 N–H and O–H groups in total. The average Bonchev–Trinajstić information content (AvgIpc) is 2.53. The molecule has 112 valence electrons. The topological polar surface area (TPSA) is 0 Å². The molecule has 0 fully saturated rings. The van der Waals surface area contributed by atoms with Crippen molar-refractivity contribution < 1.29 is 0 Å². The summed E-state index contributed by atoms with van der Waals surface area (Å²) in [6, 6.07) is 24.3. The predicted octanol–water partition coefficient (Wildman–Crippen LogP) is 6.59. The molecule has 4 aromatic rings. The van der Waals surface area contributed by atoms with E-state index in [1.807, 2.05) is 0 Å². The highest BCUT2D eigenvalue weighted by Gasteiger charge is 2.13. The molecule has 23 heavy (non-hydrogen) atoms. The second-order valence-electron chi connectivity index (χ2n) is 6.47. The first-order chi connectivity index (χ1) is 11.1. The fraction of sp³-hybridized carbons (Fsp3) is 0.130. The van der Waals surface area contributed by atoms with Gasteiger partial charge < -0.3 is 0 Å². The standard InChI is InChI=1S/C23H20/c1-15-12-16(2)22(17(3)13-15)23-20-10-6-4-8-18(20)14-19-9-5-7-11-21(19)23/h4-14H,1-3H3. The maximum Gasteiger partial charge on any atom is -0.00215 e. The van der Waals surface area contributed by atoms with Gasteiger partial charge in [-0.1, -0.05) is 66.2 Å². The molecular weight excluding hydrogens is 276 g/mol. The molecule has 4 aromatic carbocycles. The number of benzene rings is 4. The summed E-state index contributed by atoms with van der Waals surface area (Å²) in [6.07, 6.45) is 0. The van der Waals surface area contributed by atoms with E-state index in [4.69, 9.17) is 0 Å². The van der Waals surface area contributed by atoms with E-state index in [0.29, 0.717) is 0 Å². The zero-order chi connectivity index (χ0) is 16.0. The Bertz CT molecular complexity index is 961. The highest BCUT2D eigenvalue weighted by atomic mass is 14.2. The van der Waals surface area contributed by atoms with Gasteiger partial charge in [0, 0.05) is 0 Å². The number of hydrogen-bond acceptors (Lipinski definition) is 0. The van der Waals surface area contributed by atoms with Crippen molar-refractivity contribution in [3.8, 4) is 11.1 Å². The van der Waals surface area contributed by atoms with Crippen LogP contribution in [0, 0.1) is 20.8 Å². The number of aryl methyl sites for hydroxylation is 3. The summed E-state index contributed by atoms with van der Waals surface area (Å²) in [5.41, 5.74) is 6.78. The monoisotopic (exact) mass is 296 g/mol. The molecule has 0 unspecified atom stereocenters. The van der Waals surface area contributed by atoms with Crippen molar-refractivity contribution in [2.75, 3.05) is 0 Å². The Morgan fingerprint density at radius 2 is 1.00 bits per heavy atom. The van der Waals surface area contributed by atoms with E-state index in [9.17, 15) is 0 Å². The maximum absolute atomic E-state index is 2.30. The van der Waals surface area contributed by atoms with Crippen molar-refractivity contribution in [3.05, 3.63) is 83.4 Å². The second-order valence-corrected chi connectivity index (χ2v) is 6.47. The quantitative estimate of drug-likeness (QED) is 0.348. The van der Waals surface area contributed by atoms with E-state index in [0.717, 1.165) is 0 Å². The molecule has 0 heteroatoms. The lowest BCUT2D eigenvalue weighted by Gasteiger charge is -2.17. The Morgan fingerprint density at radius 3 is 1.52 bits per heavy atom. The molecule has 0 amide bonds. The third-order valence-corrected chi connectivity index (χ3v) is 4.70. The summed E-state index contributed by atoms with van der Waals surface area (Å²) in [7, 11) is 0. The number of hydrogen-bond donors (Lipinski definition) is 0. The normalized spacial score (nSPS) is 11.3. The van der Waals surface area contributed by atoms with Crippen molar-refractivity contribution in [2.24, 2.45) is 0 Å². The Morgan fingerprint density at radius 1 is 0.522 bits per heavy atom. The van der Waals surface area contributed by atoms with E-state index < -0.39 is 0 Å². The van der Waals surface area contributed by atoms with Gasteiger partial charge in [0.25, 0.3) is 0 Å². The van der Waals surface area contributed by atoms with Crippen molar-refractivity contribution in [1.29, 1.82) is 0 Å². The molecular formula is C23H20. The second kappa shape index (κ2) is 5.24. The van der Waals surface area contributed by atoms with E-state index in [2.05, 4.69) is 87.5 Å². The molecule has 0 nitrogen and oxygen atoms in total. The maximum atomic E-state index is 2.30. The lowest BCUT2D eigenvalue weighted by Crippen LogP contribution is -1.93. The molecule has 0 saturated heterocycles. The SMILES string of the molecule is Cc1cc(C)c(-c2c3ccccc3cc3ccccc23)c(C)c1. The predicted molar refractivity (Wildman–Crippen MR) is 101 cm³/mol. The van der Waals surface area contributed by atoms with Crippen LogP contribution in [-0.4, -0.2) is 0 Å². The zero-order valence-corrected chi connectivity index (χ0v) is 13.9. The molecule has 0 bridgehead atoms. The fourth-order valence-electron chi connectivity index (χ4n) is 3.86. The first-order valence-corrected chi connectivity index (χ1v) is 8.14. The highest BCUT2D eigenvalue weighted by Crippen LogP contribution is 2.39. The molecule has 0 atom stereocenters. The smallest absolute Gasteiger partial charge is 0.00215 e. The fourth-order valence-corrected chi connectivity index (χ4v) is 3.86. The van der Waals surface area contributed by atoms with Gasteiger partial charge >= 0.3 is 0 Å². The largest absolute Gasteiger partial charge is 0.0616 e. The van der Waals surface area contributed by atoms with Gasteiger partial charge in [-0.25, -0.2) is 0 Å². The molecule has 0 radical (unpaired) electrons. The molecule has 0 aliphatic rings. The van der Waals surface area contributed by atoms with Crippen LogP contribution in [0.5, 0.6) is 0 Å². The lowest BCUT2D eigenvalue weighted by molar-refractivity contribution is 1.33. The first-order valence-electron chi connectivity index (χ1n) is 8.14. The molecule has 0 saturated carbocycles. The third kappa shape index (κ3) is 2.22. The van der Waals surface area contributed by atoms with E-state index >= 15 is 0 Å². The van der Waals surface area contributed by atoms with Crippen LogP contribution in [0.15, 0.2) is 66.7 Å². The minimum Gasteiger partial charge on any atom is -0.0616 e. The van der Waals surface area contributed by atoms with Crippen molar-refractivity contribution in [3.63, 3.8) is 0 Å². The van der Waals surface area contributed by atoms with E-state index in [1.54, 1.807) is 0 Å². The Labute approximate surface area is 137 Å². The minimum atomic E-state index is 1.31. The van der Waals surface area contributed by atoms with Crippen LogP contribution in [0.2, 0.25) is 0 Å². The van der Waals surface area contributed by atoms with Gasteiger partial charge in [-0.2, -0.15) is 0 Å². The van der Waals surface area contributed by atoms with Crippen LogP contribution in [0.4, 0.5) is 0 Å². The van der Waals surface area contributed by atoms with Gasteiger partial charge in [0.05, 0.1) is 0 Å². The molecule has 0 spiro atoms. The van der Waals surface area contributed by atoms with Crippen molar-refractivity contribution in [2.45, 2.75) is 20.8 Å². The third-order valence-electron chi connectivity index (χ3n) is 4.70. The van der Waals surface area contributed by atoms with Crippen LogP contribution >= 0.6 is 0 Å². The summed E-state index contributed by atoms with van der Waals surface area (Å²) < 4.78 is 0. The summed E-state index contributed by atoms with van der Waals surface area (Å²) in [6.45, 7) is 6.63. The molecule has 0 aliphatic carbocycles. The van der Waals surface area contributed by atoms with Crippen LogP contribution in [0.3, 0.4) is 0 Å². The summed E-state index contributed by atoms with van der Waals surface area (Å²) in [4.78, 5) is 0. The lowest BCUT2D eigenvalue weighted by atomic mass is 9.87. The number of rotatable bonds is 1. The van der Waals surface area contributed by atoms with Crippen LogP contribution in [0.1, 0.15) is 16.7 Å². The summed E-state index contributed by atoms with van der Waals surface area (Å²) >= 11 is 0. The van der Waals surface area contributed by atoms with Crippen molar-refractivity contribution in [1.82, 2.24) is 0 Å². The molecule has 4 rings (SSSR count). The number of fused-ring (bicyclic) bond motifs is 2. The average molecular weight is 296 g/mol.